The third-order valence-corrected chi connectivity index (χ3v) is 2.87. The van der Waals surface area contributed by atoms with Crippen LogP contribution in [0.4, 0.5) is 17.2 Å². The van der Waals surface area contributed by atoms with Crippen molar-refractivity contribution in [1.29, 1.82) is 0 Å². The first-order chi connectivity index (χ1) is 8.58. The van der Waals surface area contributed by atoms with Gasteiger partial charge in [0.15, 0.2) is 0 Å². The van der Waals surface area contributed by atoms with Crippen molar-refractivity contribution in [2.75, 3.05) is 5.32 Å². The zero-order chi connectivity index (χ0) is 13.1. The predicted molar refractivity (Wildman–Crippen MR) is 70.0 cm³/mol. The first-order valence-electron chi connectivity index (χ1n) is 4.94. The number of anilines is 2. The molecule has 0 aliphatic heterocycles. The van der Waals surface area contributed by atoms with Crippen LogP contribution in [0.2, 0.25) is 0 Å². The number of para-hydroxylation sites is 1. The van der Waals surface area contributed by atoms with Crippen molar-refractivity contribution < 1.29 is 10.0 Å². The summed E-state index contributed by atoms with van der Waals surface area (Å²) < 4.78 is 0.740. The molecule has 0 aliphatic carbocycles. The van der Waals surface area contributed by atoms with Crippen LogP contribution in [0.5, 0.6) is 5.88 Å². The SMILES string of the molecule is O=[N+]([O-])c1ccc(O)nc1Nc1ccccc1Br. The van der Waals surface area contributed by atoms with E-state index >= 15 is 0 Å². The standard InChI is InChI=1S/C11H8BrN3O3/c12-7-3-1-2-4-8(7)13-11-9(15(17)18)5-6-10(16)14-11/h1-6H,(H2,13,14,16). The number of benzene rings is 1. The molecule has 0 fully saturated rings. The van der Waals surface area contributed by atoms with Gasteiger partial charge < -0.3 is 10.4 Å². The first-order valence-corrected chi connectivity index (χ1v) is 5.73. The Labute approximate surface area is 111 Å². The molecule has 1 heterocycles. The molecule has 2 rings (SSSR count). The smallest absolute Gasteiger partial charge is 0.311 e. The maximum atomic E-state index is 10.8. The lowest BCUT2D eigenvalue weighted by molar-refractivity contribution is -0.384. The van der Waals surface area contributed by atoms with E-state index < -0.39 is 4.92 Å². The Kier molecular flexibility index (Phi) is 3.42. The second kappa shape index (κ2) is 5.01. The van der Waals surface area contributed by atoms with Crippen LogP contribution in [0.15, 0.2) is 40.9 Å². The summed E-state index contributed by atoms with van der Waals surface area (Å²) in [5.74, 6) is -0.290. The summed E-state index contributed by atoms with van der Waals surface area (Å²) in [6.45, 7) is 0. The molecule has 0 spiro atoms. The van der Waals surface area contributed by atoms with Crippen LogP contribution in [0.25, 0.3) is 0 Å². The topological polar surface area (TPSA) is 88.3 Å². The lowest BCUT2D eigenvalue weighted by Gasteiger charge is -2.07. The summed E-state index contributed by atoms with van der Waals surface area (Å²) in [4.78, 5) is 14.0. The summed E-state index contributed by atoms with van der Waals surface area (Å²) in [6, 6.07) is 9.49. The van der Waals surface area contributed by atoms with Gasteiger partial charge in [-0.15, -0.1) is 0 Å². The Morgan fingerprint density at radius 2 is 2.00 bits per heavy atom. The molecule has 0 saturated carbocycles. The fourth-order valence-electron chi connectivity index (χ4n) is 1.37. The number of halogens is 1. The average Bonchev–Trinajstić information content (AvgIpc) is 2.32. The maximum absolute atomic E-state index is 10.8. The van der Waals surface area contributed by atoms with Gasteiger partial charge in [-0.2, -0.15) is 4.98 Å². The number of pyridine rings is 1. The minimum absolute atomic E-state index is 0.00750. The van der Waals surface area contributed by atoms with E-state index in [0.29, 0.717) is 5.69 Å². The Hall–Kier alpha value is -2.15. The number of nitrogens with zero attached hydrogens (tertiary/aromatic N) is 2. The van der Waals surface area contributed by atoms with Crippen molar-refractivity contribution in [3.05, 3.63) is 51.0 Å². The third-order valence-electron chi connectivity index (χ3n) is 2.18. The highest BCUT2D eigenvalue weighted by Crippen LogP contribution is 2.30. The summed E-state index contributed by atoms with van der Waals surface area (Å²) >= 11 is 3.31. The number of aromatic nitrogens is 1. The molecule has 1 aromatic carbocycles. The molecule has 0 amide bonds. The lowest BCUT2D eigenvalue weighted by atomic mass is 10.3. The van der Waals surface area contributed by atoms with Crippen molar-refractivity contribution >= 4 is 33.1 Å². The Morgan fingerprint density at radius 3 is 2.67 bits per heavy atom. The molecule has 0 aliphatic rings. The van der Waals surface area contributed by atoms with Gasteiger partial charge in [0.1, 0.15) is 0 Å². The van der Waals surface area contributed by atoms with Gasteiger partial charge in [-0.25, -0.2) is 0 Å². The van der Waals surface area contributed by atoms with Gasteiger partial charge in [-0.05, 0) is 28.1 Å². The highest BCUT2D eigenvalue weighted by atomic mass is 79.9. The van der Waals surface area contributed by atoms with Crippen LogP contribution in [-0.2, 0) is 0 Å². The molecule has 92 valence electrons. The van der Waals surface area contributed by atoms with Crippen molar-refractivity contribution in [1.82, 2.24) is 4.98 Å². The molecule has 0 saturated heterocycles. The van der Waals surface area contributed by atoms with Gasteiger partial charge >= 0.3 is 5.69 Å². The monoisotopic (exact) mass is 309 g/mol. The van der Waals surface area contributed by atoms with Crippen LogP contribution < -0.4 is 5.32 Å². The maximum Gasteiger partial charge on any atom is 0.311 e. The van der Waals surface area contributed by atoms with Gasteiger partial charge in [-0.1, -0.05) is 12.1 Å². The highest BCUT2D eigenvalue weighted by molar-refractivity contribution is 9.10. The molecule has 2 aromatic rings. The summed E-state index contributed by atoms with van der Waals surface area (Å²) in [6.07, 6.45) is 0. The minimum Gasteiger partial charge on any atom is -0.493 e. The van der Waals surface area contributed by atoms with Gasteiger partial charge in [0.05, 0.1) is 10.6 Å². The zero-order valence-corrected chi connectivity index (χ0v) is 10.6. The quantitative estimate of drug-likeness (QED) is 0.671. The normalized spacial score (nSPS) is 10.1. The van der Waals surface area contributed by atoms with E-state index in [1.165, 1.54) is 12.1 Å². The second-order valence-corrected chi connectivity index (χ2v) is 4.25. The fraction of sp³-hybridized carbons (Fsp3) is 0. The fourth-order valence-corrected chi connectivity index (χ4v) is 1.75. The minimum atomic E-state index is -0.564. The number of nitro groups is 1. The molecule has 18 heavy (non-hydrogen) atoms. The van der Waals surface area contributed by atoms with Gasteiger partial charge in [-0.3, -0.25) is 10.1 Å². The molecule has 1 aromatic heterocycles. The molecule has 2 N–H and O–H groups in total. The lowest BCUT2D eigenvalue weighted by Crippen LogP contribution is -1.99. The number of nitrogens with one attached hydrogen (secondary N) is 1. The zero-order valence-electron chi connectivity index (χ0n) is 9.00. The number of rotatable bonds is 3. The Bertz CT molecular complexity index is 604. The van der Waals surface area contributed by atoms with Gasteiger partial charge in [0.2, 0.25) is 11.7 Å². The molecule has 0 atom stereocenters. The highest BCUT2D eigenvalue weighted by Gasteiger charge is 2.16. The van der Waals surface area contributed by atoms with Crippen LogP contribution in [0.1, 0.15) is 0 Å². The number of aromatic hydroxyl groups is 1. The summed E-state index contributed by atoms with van der Waals surface area (Å²) in [5.41, 5.74) is 0.419. The molecular weight excluding hydrogens is 302 g/mol. The molecule has 0 unspecified atom stereocenters. The third kappa shape index (κ3) is 2.57. The predicted octanol–water partition coefficient (Wildman–Crippen LogP) is 3.20. The van der Waals surface area contributed by atoms with Crippen molar-refractivity contribution in [2.45, 2.75) is 0 Å². The summed E-state index contributed by atoms with van der Waals surface area (Å²) in [7, 11) is 0. The van der Waals surface area contributed by atoms with E-state index in [9.17, 15) is 15.2 Å². The molecular formula is C11H8BrN3O3. The van der Waals surface area contributed by atoms with E-state index in [0.717, 1.165) is 4.47 Å². The van der Waals surface area contributed by atoms with Crippen LogP contribution in [0.3, 0.4) is 0 Å². The van der Waals surface area contributed by atoms with E-state index in [1.807, 2.05) is 6.07 Å². The van der Waals surface area contributed by atoms with Crippen LogP contribution in [-0.4, -0.2) is 15.0 Å². The molecule has 6 nitrogen and oxygen atoms in total. The Morgan fingerprint density at radius 1 is 1.28 bits per heavy atom. The Balaban J connectivity index is 2.42. The largest absolute Gasteiger partial charge is 0.493 e. The van der Waals surface area contributed by atoms with Crippen molar-refractivity contribution in [3.8, 4) is 5.88 Å². The van der Waals surface area contributed by atoms with Gasteiger partial charge in [0, 0.05) is 16.6 Å². The van der Waals surface area contributed by atoms with Crippen molar-refractivity contribution in [2.24, 2.45) is 0 Å². The molecule has 0 radical (unpaired) electrons. The molecule has 0 bridgehead atoms. The average molecular weight is 310 g/mol. The van der Waals surface area contributed by atoms with E-state index in [1.54, 1.807) is 18.2 Å². The van der Waals surface area contributed by atoms with Gasteiger partial charge in [0.25, 0.3) is 0 Å². The number of hydrogen-bond acceptors (Lipinski definition) is 5. The summed E-state index contributed by atoms with van der Waals surface area (Å²) in [5, 5.41) is 22.9. The van der Waals surface area contributed by atoms with Crippen molar-refractivity contribution in [3.63, 3.8) is 0 Å². The van der Waals surface area contributed by atoms with E-state index in [-0.39, 0.29) is 17.4 Å². The first kappa shape index (κ1) is 12.3. The number of hydrogen-bond donors (Lipinski definition) is 2. The van der Waals surface area contributed by atoms with E-state index in [4.69, 9.17) is 0 Å². The van der Waals surface area contributed by atoms with Crippen LogP contribution >= 0.6 is 15.9 Å². The van der Waals surface area contributed by atoms with Crippen LogP contribution in [0, 0.1) is 10.1 Å². The van der Waals surface area contributed by atoms with E-state index in [2.05, 4.69) is 26.2 Å². The molecule has 7 heteroatoms. The second-order valence-electron chi connectivity index (χ2n) is 3.40.